The summed E-state index contributed by atoms with van der Waals surface area (Å²) in [7, 11) is 6.20. The molecule has 1 aromatic heterocycles. The predicted octanol–water partition coefficient (Wildman–Crippen LogP) is 3.87. The Morgan fingerprint density at radius 1 is 0.741 bits per heavy atom. The molecule has 4 rings (SSSR count). The quantitative estimate of drug-likeness (QED) is 0.546. The van der Waals surface area contributed by atoms with Crippen LogP contribution in [0.3, 0.4) is 0 Å². The molecule has 0 N–H and O–H groups in total. The second kappa shape index (κ2) is 6.09. The number of rotatable bonds is 4. The van der Waals surface area contributed by atoms with E-state index in [-0.39, 0.29) is 0 Å². The molecular formula is C21H18O6. The fourth-order valence-corrected chi connectivity index (χ4v) is 3.52. The van der Waals surface area contributed by atoms with Crippen molar-refractivity contribution in [1.82, 2.24) is 0 Å². The first-order valence-corrected chi connectivity index (χ1v) is 8.22. The highest BCUT2D eigenvalue weighted by molar-refractivity contribution is 6.09. The SMILES string of the molecule is C=C1c2cc(OC)c(OC)cc2-c2oc(=O)c3cc(OC)c(OC)cc3c21. The van der Waals surface area contributed by atoms with E-state index in [0.717, 1.165) is 22.3 Å². The van der Waals surface area contributed by atoms with E-state index in [1.807, 2.05) is 6.07 Å². The first-order chi connectivity index (χ1) is 13.0. The minimum Gasteiger partial charge on any atom is -0.493 e. The summed E-state index contributed by atoms with van der Waals surface area (Å²) >= 11 is 0. The van der Waals surface area contributed by atoms with Crippen LogP contribution in [0.2, 0.25) is 0 Å². The van der Waals surface area contributed by atoms with Gasteiger partial charge >= 0.3 is 5.63 Å². The maximum absolute atomic E-state index is 12.7. The summed E-state index contributed by atoms with van der Waals surface area (Å²) in [6, 6.07) is 7.02. The molecule has 3 aromatic rings. The summed E-state index contributed by atoms with van der Waals surface area (Å²) < 4.78 is 27.2. The third-order valence-electron chi connectivity index (χ3n) is 4.83. The van der Waals surface area contributed by atoms with Crippen LogP contribution in [-0.2, 0) is 0 Å². The van der Waals surface area contributed by atoms with Gasteiger partial charge in [-0.1, -0.05) is 6.58 Å². The van der Waals surface area contributed by atoms with Crippen LogP contribution in [0.5, 0.6) is 23.0 Å². The number of hydrogen-bond acceptors (Lipinski definition) is 6. The molecule has 6 heteroatoms. The van der Waals surface area contributed by atoms with Crippen LogP contribution in [0.15, 0.2) is 40.1 Å². The van der Waals surface area contributed by atoms with Gasteiger partial charge in [-0.05, 0) is 35.4 Å². The van der Waals surface area contributed by atoms with Gasteiger partial charge in [-0.3, -0.25) is 0 Å². The van der Waals surface area contributed by atoms with Crippen molar-refractivity contribution < 1.29 is 23.4 Å². The molecule has 0 radical (unpaired) electrons. The Morgan fingerprint density at radius 2 is 1.22 bits per heavy atom. The molecule has 0 saturated carbocycles. The van der Waals surface area contributed by atoms with Gasteiger partial charge in [0.2, 0.25) is 0 Å². The average Bonchev–Trinajstić information content (AvgIpc) is 2.97. The van der Waals surface area contributed by atoms with Crippen LogP contribution in [0.25, 0.3) is 27.7 Å². The fourth-order valence-electron chi connectivity index (χ4n) is 3.52. The predicted molar refractivity (Wildman–Crippen MR) is 102 cm³/mol. The summed E-state index contributed by atoms with van der Waals surface area (Å²) in [5.41, 5.74) is 2.59. The molecule has 138 valence electrons. The monoisotopic (exact) mass is 366 g/mol. The summed E-state index contributed by atoms with van der Waals surface area (Å²) in [5, 5.41) is 1.09. The molecule has 1 aliphatic rings. The van der Waals surface area contributed by atoms with E-state index in [2.05, 4.69) is 6.58 Å². The largest absolute Gasteiger partial charge is 0.493 e. The lowest BCUT2D eigenvalue weighted by Crippen LogP contribution is -2.03. The Morgan fingerprint density at radius 3 is 1.78 bits per heavy atom. The molecule has 0 bridgehead atoms. The summed E-state index contributed by atoms with van der Waals surface area (Å²) in [6.07, 6.45) is 0. The molecule has 0 amide bonds. The lowest BCUT2D eigenvalue weighted by molar-refractivity contribution is 0.355. The van der Waals surface area contributed by atoms with E-state index in [4.69, 9.17) is 23.4 Å². The first-order valence-electron chi connectivity index (χ1n) is 8.22. The molecule has 0 aliphatic heterocycles. The van der Waals surface area contributed by atoms with E-state index < -0.39 is 5.63 Å². The maximum atomic E-state index is 12.7. The zero-order valence-corrected chi connectivity index (χ0v) is 15.5. The van der Waals surface area contributed by atoms with Crippen LogP contribution in [0, 0.1) is 0 Å². The van der Waals surface area contributed by atoms with Gasteiger partial charge < -0.3 is 23.4 Å². The van der Waals surface area contributed by atoms with Gasteiger partial charge in [0.15, 0.2) is 23.0 Å². The molecule has 0 unspecified atom stereocenters. The van der Waals surface area contributed by atoms with E-state index in [9.17, 15) is 4.79 Å². The Balaban J connectivity index is 2.09. The zero-order chi connectivity index (χ0) is 19.3. The van der Waals surface area contributed by atoms with Crippen molar-refractivity contribution in [2.75, 3.05) is 28.4 Å². The third kappa shape index (κ3) is 2.30. The van der Waals surface area contributed by atoms with Crippen molar-refractivity contribution in [3.05, 3.63) is 52.4 Å². The van der Waals surface area contributed by atoms with Gasteiger partial charge in [0.05, 0.1) is 33.8 Å². The minimum atomic E-state index is -0.458. The normalized spacial score (nSPS) is 11.9. The lowest BCUT2D eigenvalue weighted by atomic mass is 10.0. The number of benzene rings is 2. The minimum absolute atomic E-state index is 0.402. The summed E-state index contributed by atoms with van der Waals surface area (Å²) in [5.74, 6) is 2.57. The van der Waals surface area contributed by atoms with Gasteiger partial charge in [-0.15, -0.1) is 0 Å². The van der Waals surface area contributed by atoms with Crippen LogP contribution in [0.1, 0.15) is 11.1 Å². The topological polar surface area (TPSA) is 67.1 Å². The van der Waals surface area contributed by atoms with Crippen molar-refractivity contribution in [3.63, 3.8) is 0 Å². The highest BCUT2D eigenvalue weighted by Crippen LogP contribution is 2.50. The van der Waals surface area contributed by atoms with Crippen molar-refractivity contribution in [2.45, 2.75) is 0 Å². The van der Waals surface area contributed by atoms with Crippen molar-refractivity contribution >= 4 is 16.3 Å². The third-order valence-corrected chi connectivity index (χ3v) is 4.83. The van der Waals surface area contributed by atoms with E-state index >= 15 is 0 Å². The number of methoxy groups -OCH3 is 4. The summed E-state index contributed by atoms with van der Waals surface area (Å²) in [6.45, 7) is 4.22. The van der Waals surface area contributed by atoms with Gasteiger partial charge in [-0.25, -0.2) is 4.79 Å². The molecule has 0 atom stereocenters. The number of ether oxygens (including phenoxy) is 4. The summed E-state index contributed by atoms with van der Waals surface area (Å²) in [4.78, 5) is 12.7. The first kappa shape index (κ1) is 17.0. The highest BCUT2D eigenvalue weighted by Gasteiger charge is 2.30. The van der Waals surface area contributed by atoms with Crippen LogP contribution >= 0.6 is 0 Å². The van der Waals surface area contributed by atoms with Gasteiger partial charge in [0, 0.05) is 16.5 Å². The molecule has 1 heterocycles. The molecular weight excluding hydrogens is 348 g/mol. The molecule has 0 saturated heterocycles. The van der Waals surface area contributed by atoms with E-state index in [0.29, 0.717) is 39.5 Å². The molecule has 6 nitrogen and oxygen atoms in total. The Hall–Kier alpha value is -3.41. The van der Waals surface area contributed by atoms with Gasteiger partial charge in [0.25, 0.3) is 0 Å². The smallest absolute Gasteiger partial charge is 0.344 e. The molecule has 0 spiro atoms. The van der Waals surface area contributed by atoms with Crippen molar-refractivity contribution in [1.29, 1.82) is 0 Å². The second-order valence-electron chi connectivity index (χ2n) is 6.08. The molecule has 2 aromatic carbocycles. The Bertz CT molecular complexity index is 1160. The standard InChI is InChI=1S/C21H18O6/c1-10-11-6-15(23-2)17(25-4)8-13(11)20-19(10)12-7-16(24-3)18(26-5)9-14(12)21(22)27-20/h6-9H,1H2,2-5H3. The van der Waals surface area contributed by atoms with E-state index in [1.165, 1.54) is 7.11 Å². The second-order valence-corrected chi connectivity index (χ2v) is 6.08. The van der Waals surface area contributed by atoms with Crippen molar-refractivity contribution in [2.24, 2.45) is 0 Å². The average molecular weight is 366 g/mol. The van der Waals surface area contributed by atoms with Crippen LogP contribution in [0.4, 0.5) is 0 Å². The van der Waals surface area contributed by atoms with Crippen molar-refractivity contribution in [3.8, 4) is 34.3 Å². The Kier molecular flexibility index (Phi) is 3.84. The molecule has 27 heavy (non-hydrogen) atoms. The van der Waals surface area contributed by atoms with E-state index in [1.54, 1.807) is 39.5 Å². The molecule has 0 fully saturated rings. The highest BCUT2D eigenvalue weighted by atomic mass is 16.5. The Labute approximate surface area is 155 Å². The van der Waals surface area contributed by atoms with Gasteiger partial charge in [0.1, 0.15) is 5.76 Å². The molecule has 1 aliphatic carbocycles. The van der Waals surface area contributed by atoms with Gasteiger partial charge in [-0.2, -0.15) is 0 Å². The van der Waals surface area contributed by atoms with Crippen LogP contribution < -0.4 is 24.6 Å². The fraction of sp³-hybridized carbons (Fsp3) is 0.190. The van der Waals surface area contributed by atoms with Crippen LogP contribution in [-0.4, -0.2) is 28.4 Å². The lowest BCUT2D eigenvalue weighted by Gasteiger charge is -2.11. The zero-order valence-electron chi connectivity index (χ0n) is 15.5. The maximum Gasteiger partial charge on any atom is 0.344 e. The number of fused-ring (bicyclic) bond motifs is 5. The number of hydrogen-bond donors (Lipinski definition) is 0.